The first-order valence-corrected chi connectivity index (χ1v) is 9.85. The van der Waals surface area contributed by atoms with Gasteiger partial charge < -0.3 is 15.2 Å². The average molecular weight is 379 g/mol. The normalized spacial score (nSPS) is 11.6. The molecule has 1 heterocycles. The van der Waals surface area contributed by atoms with Crippen LogP contribution < -0.4 is 5.32 Å². The lowest BCUT2D eigenvalue weighted by atomic mass is 9.87. The minimum absolute atomic E-state index is 0.0514. The molecular weight excluding hydrogens is 348 g/mol. The van der Waals surface area contributed by atoms with Gasteiger partial charge in [0.15, 0.2) is 0 Å². The highest BCUT2D eigenvalue weighted by Gasteiger charge is 2.14. The van der Waals surface area contributed by atoms with E-state index in [1.54, 1.807) is 4.90 Å². The van der Waals surface area contributed by atoms with E-state index >= 15 is 0 Å². The van der Waals surface area contributed by atoms with Gasteiger partial charge in [0.1, 0.15) is 5.82 Å². The second-order valence-electron chi connectivity index (χ2n) is 8.34. The number of benzene rings is 2. The Balaban J connectivity index is 1.42. The molecule has 0 saturated carbocycles. The van der Waals surface area contributed by atoms with E-state index in [-0.39, 0.29) is 11.4 Å². The first-order valence-electron chi connectivity index (χ1n) is 9.85. The second-order valence-corrected chi connectivity index (χ2v) is 8.34. The Hall–Kier alpha value is -2.82. The van der Waals surface area contributed by atoms with Crippen LogP contribution >= 0.6 is 0 Å². The van der Waals surface area contributed by atoms with Crippen LogP contribution in [-0.4, -0.2) is 34.5 Å². The number of carbonyl (C=O) groups excluding carboxylic acids is 1. The number of hydrogen-bond acceptors (Lipinski definition) is 2. The van der Waals surface area contributed by atoms with E-state index in [0.29, 0.717) is 13.1 Å². The summed E-state index contributed by atoms with van der Waals surface area (Å²) in [7, 11) is 1.83. The maximum absolute atomic E-state index is 12.3. The zero-order valence-corrected chi connectivity index (χ0v) is 17.2. The molecule has 0 fully saturated rings. The van der Waals surface area contributed by atoms with Crippen LogP contribution in [0.1, 0.15) is 44.1 Å². The summed E-state index contributed by atoms with van der Waals surface area (Å²) in [5.41, 5.74) is 4.61. The van der Waals surface area contributed by atoms with Crippen LogP contribution in [0.5, 0.6) is 0 Å². The van der Waals surface area contributed by atoms with Crippen molar-refractivity contribution in [3.05, 3.63) is 65.5 Å². The molecule has 28 heavy (non-hydrogen) atoms. The largest absolute Gasteiger partial charge is 0.342 e. The number of H-pyrrole nitrogens is 1. The number of rotatable bonds is 6. The van der Waals surface area contributed by atoms with Crippen molar-refractivity contribution in [2.45, 2.75) is 45.6 Å². The smallest absolute Gasteiger partial charge is 0.317 e. The quantitative estimate of drug-likeness (QED) is 0.614. The van der Waals surface area contributed by atoms with Gasteiger partial charge in [-0.2, -0.15) is 0 Å². The molecule has 0 saturated heterocycles. The van der Waals surface area contributed by atoms with Crippen molar-refractivity contribution in [3.63, 3.8) is 0 Å². The molecule has 2 aromatic carbocycles. The predicted molar refractivity (Wildman–Crippen MR) is 114 cm³/mol. The monoisotopic (exact) mass is 378 g/mol. The molecule has 3 aromatic rings. The van der Waals surface area contributed by atoms with Gasteiger partial charge in [-0.25, -0.2) is 9.78 Å². The van der Waals surface area contributed by atoms with Crippen LogP contribution in [0.15, 0.2) is 48.5 Å². The zero-order valence-electron chi connectivity index (χ0n) is 17.2. The van der Waals surface area contributed by atoms with E-state index in [9.17, 15) is 4.79 Å². The third kappa shape index (κ3) is 5.12. The predicted octanol–water partition coefficient (Wildman–Crippen LogP) is 4.63. The number of nitrogens with zero attached hydrogens (tertiary/aromatic N) is 2. The lowest BCUT2D eigenvalue weighted by molar-refractivity contribution is 0.207. The maximum Gasteiger partial charge on any atom is 0.317 e. The lowest BCUT2D eigenvalue weighted by Crippen LogP contribution is -2.37. The summed E-state index contributed by atoms with van der Waals surface area (Å²) >= 11 is 0. The fourth-order valence-corrected chi connectivity index (χ4v) is 3.17. The third-order valence-corrected chi connectivity index (χ3v) is 4.89. The fraction of sp³-hybridized carbons (Fsp3) is 0.391. The molecule has 5 nitrogen and oxygen atoms in total. The molecule has 0 aliphatic carbocycles. The van der Waals surface area contributed by atoms with Crippen molar-refractivity contribution in [2.75, 3.05) is 13.6 Å². The van der Waals surface area contributed by atoms with Crippen LogP contribution in [-0.2, 0) is 18.4 Å². The van der Waals surface area contributed by atoms with Crippen molar-refractivity contribution in [3.8, 4) is 0 Å². The van der Waals surface area contributed by atoms with E-state index < -0.39 is 0 Å². The number of fused-ring (bicyclic) bond motifs is 1. The van der Waals surface area contributed by atoms with Crippen LogP contribution in [0.3, 0.4) is 0 Å². The molecule has 1 aromatic heterocycles. The Labute approximate surface area is 167 Å². The minimum Gasteiger partial charge on any atom is -0.342 e. The number of amides is 2. The van der Waals surface area contributed by atoms with E-state index in [4.69, 9.17) is 0 Å². The molecular formula is C23H30N4O. The highest BCUT2D eigenvalue weighted by molar-refractivity contribution is 5.75. The Morgan fingerprint density at radius 3 is 2.50 bits per heavy atom. The third-order valence-electron chi connectivity index (χ3n) is 4.89. The Morgan fingerprint density at radius 2 is 1.82 bits per heavy atom. The maximum atomic E-state index is 12.3. The van der Waals surface area contributed by atoms with E-state index in [1.807, 2.05) is 31.3 Å². The van der Waals surface area contributed by atoms with Gasteiger partial charge in [0.05, 0.1) is 11.0 Å². The molecule has 5 heteroatoms. The van der Waals surface area contributed by atoms with Crippen LogP contribution in [0, 0.1) is 0 Å². The van der Waals surface area contributed by atoms with Gasteiger partial charge >= 0.3 is 6.03 Å². The van der Waals surface area contributed by atoms with Crippen molar-refractivity contribution < 1.29 is 4.79 Å². The van der Waals surface area contributed by atoms with E-state index in [1.165, 1.54) is 5.56 Å². The number of imidazole rings is 1. The molecule has 2 amide bonds. The van der Waals surface area contributed by atoms with Gasteiger partial charge in [-0.05, 0) is 35.1 Å². The summed E-state index contributed by atoms with van der Waals surface area (Å²) in [6.07, 6.45) is 1.66. The molecule has 2 N–H and O–H groups in total. The van der Waals surface area contributed by atoms with E-state index in [0.717, 1.165) is 35.3 Å². The number of nitrogens with one attached hydrogen (secondary N) is 2. The zero-order chi connectivity index (χ0) is 20.1. The van der Waals surface area contributed by atoms with Crippen LogP contribution in [0.25, 0.3) is 11.0 Å². The van der Waals surface area contributed by atoms with Crippen molar-refractivity contribution in [1.29, 1.82) is 0 Å². The van der Waals surface area contributed by atoms with E-state index in [2.05, 4.69) is 60.3 Å². The summed E-state index contributed by atoms with van der Waals surface area (Å²) < 4.78 is 0. The summed E-state index contributed by atoms with van der Waals surface area (Å²) in [5, 5.41) is 2.99. The molecule has 0 spiro atoms. The molecule has 0 radical (unpaired) electrons. The van der Waals surface area contributed by atoms with Gasteiger partial charge in [0, 0.05) is 26.6 Å². The Kier molecular flexibility index (Phi) is 6.02. The molecule has 0 aliphatic heterocycles. The van der Waals surface area contributed by atoms with Crippen molar-refractivity contribution in [2.24, 2.45) is 0 Å². The summed E-state index contributed by atoms with van der Waals surface area (Å²) in [4.78, 5) is 21.9. The van der Waals surface area contributed by atoms with Gasteiger partial charge in [-0.3, -0.25) is 0 Å². The number of urea groups is 1. The van der Waals surface area contributed by atoms with Crippen molar-refractivity contribution >= 4 is 17.1 Å². The fourth-order valence-electron chi connectivity index (χ4n) is 3.17. The average Bonchev–Trinajstić information content (AvgIpc) is 3.07. The SMILES string of the molecule is CN(Cc1ccc(C(C)(C)C)cc1)C(=O)NCCCc1nc2ccccc2[nH]1. The van der Waals surface area contributed by atoms with Crippen LogP contribution in [0.2, 0.25) is 0 Å². The number of hydrogen-bond donors (Lipinski definition) is 2. The molecule has 3 rings (SSSR count). The van der Waals surface area contributed by atoms with Gasteiger partial charge in [0.25, 0.3) is 0 Å². The summed E-state index contributed by atoms with van der Waals surface area (Å²) in [6.45, 7) is 7.83. The highest BCUT2D eigenvalue weighted by atomic mass is 16.2. The topological polar surface area (TPSA) is 61.0 Å². The van der Waals surface area contributed by atoms with Gasteiger partial charge in [0.2, 0.25) is 0 Å². The van der Waals surface area contributed by atoms with Gasteiger partial charge in [-0.15, -0.1) is 0 Å². The number of para-hydroxylation sites is 2. The number of aromatic amines is 1. The first-order chi connectivity index (χ1) is 13.3. The Morgan fingerprint density at radius 1 is 1.11 bits per heavy atom. The minimum atomic E-state index is -0.0514. The number of aromatic nitrogens is 2. The number of aryl methyl sites for hydroxylation is 1. The molecule has 148 valence electrons. The van der Waals surface area contributed by atoms with Crippen LogP contribution in [0.4, 0.5) is 4.79 Å². The molecule has 0 unspecified atom stereocenters. The van der Waals surface area contributed by atoms with Gasteiger partial charge in [-0.1, -0.05) is 57.2 Å². The molecule has 0 aliphatic rings. The summed E-state index contributed by atoms with van der Waals surface area (Å²) in [5.74, 6) is 0.961. The lowest BCUT2D eigenvalue weighted by Gasteiger charge is -2.21. The highest BCUT2D eigenvalue weighted by Crippen LogP contribution is 2.22. The number of carbonyl (C=O) groups is 1. The standard InChI is InChI=1S/C23H30N4O/c1-23(2,3)18-13-11-17(12-14-18)16-27(4)22(28)24-15-7-10-21-25-19-8-5-6-9-20(19)26-21/h5-6,8-9,11-14H,7,10,15-16H2,1-4H3,(H,24,28)(H,25,26). The Bertz CT molecular complexity index is 889. The van der Waals surface area contributed by atoms with Crippen molar-refractivity contribution in [1.82, 2.24) is 20.2 Å². The summed E-state index contributed by atoms with van der Waals surface area (Å²) in [6, 6.07) is 16.5. The molecule has 0 bridgehead atoms. The first kappa shape index (κ1) is 19.9. The second kappa shape index (κ2) is 8.46. The molecule has 0 atom stereocenters.